The number of hydrogen-bond acceptors (Lipinski definition) is 5. The van der Waals surface area contributed by atoms with Crippen molar-refractivity contribution in [2.24, 2.45) is 0 Å². The van der Waals surface area contributed by atoms with Gasteiger partial charge in [0.2, 0.25) is 0 Å². The molecule has 134 valence electrons. The molecular weight excluding hydrogens is 342 g/mol. The average Bonchev–Trinajstić information content (AvgIpc) is 2.49. The van der Waals surface area contributed by atoms with E-state index in [2.05, 4.69) is 4.72 Å². The van der Waals surface area contributed by atoms with Gasteiger partial charge in [-0.2, -0.15) is 12.7 Å². The van der Waals surface area contributed by atoms with Gasteiger partial charge in [0.15, 0.2) is 0 Å². The SMILES string of the molecule is COCCN(CCOC)S(=O)(=O)NCCc1ccc(N)cc1.Cl. The number of nitrogen functional groups attached to an aromatic ring is 1. The molecule has 0 atom stereocenters. The molecule has 1 aromatic carbocycles. The van der Waals surface area contributed by atoms with Gasteiger partial charge in [-0.15, -0.1) is 12.4 Å². The number of hydrogen-bond donors (Lipinski definition) is 2. The maximum absolute atomic E-state index is 12.3. The lowest BCUT2D eigenvalue weighted by molar-refractivity contribution is 0.150. The summed E-state index contributed by atoms with van der Waals surface area (Å²) in [6.07, 6.45) is 0.599. The van der Waals surface area contributed by atoms with Gasteiger partial charge in [-0.05, 0) is 24.1 Å². The second-order valence-corrected chi connectivity index (χ2v) is 6.53. The second-order valence-electron chi connectivity index (χ2n) is 4.78. The lowest BCUT2D eigenvalue weighted by atomic mass is 10.1. The number of ether oxygens (including phenoxy) is 2. The third-order valence-electron chi connectivity index (χ3n) is 3.11. The van der Waals surface area contributed by atoms with E-state index in [9.17, 15) is 8.42 Å². The van der Waals surface area contributed by atoms with Crippen LogP contribution in [0.5, 0.6) is 0 Å². The Morgan fingerprint density at radius 3 is 2.09 bits per heavy atom. The number of nitrogens with one attached hydrogen (secondary N) is 1. The largest absolute Gasteiger partial charge is 0.399 e. The summed E-state index contributed by atoms with van der Waals surface area (Å²) in [6, 6.07) is 7.37. The van der Waals surface area contributed by atoms with Crippen LogP contribution in [0.15, 0.2) is 24.3 Å². The third-order valence-corrected chi connectivity index (χ3v) is 4.72. The molecule has 0 bridgehead atoms. The van der Waals surface area contributed by atoms with Crippen molar-refractivity contribution in [1.82, 2.24) is 9.03 Å². The molecule has 23 heavy (non-hydrogen) atoms. The molecule has 9 heteroatoms. The van der Waals surface area contributed by atoms with Crippen LogP contribution in [0.25, 0.3) is 0 Å². The van der Waals surface area contributed by atoms with Crippen molar-refractivity contribution >= 4 is 28.3 Å². The standard InChI is InChI=1S/C14H25N3O4S.ClH/c1-20-11-9-17(10-12-21-2)22(18,19)16-8-7-13-3-5-14(15)6-4-13;/h3-6,16H,7-12,15H2,1-2H3;1H. The number of rotatable bonds is 11. The molecule has 0 saturated heterocycles. The Kier molecular flexibility index (Phi) is 11.2. The van der Waals surface area contributed by atoms with Crippen molar-refractivity contribution in [2.75, 3.05) is 52.8 Å². The van der Waals surface area contributed by atoms with E-state index in [1.165, 1.54) is 18.5 Å². The fourth-order valence-electron chi connectivity index (χ4n) is 1.84. The minimum Gasteiger partial charge on any atom is -0.399 e. The van der Waals surface area contributed by atoms with Crippen molar-refractivity contribution in [2.45, 2.75) is 6.42 Å². The highest BCUT2D eigenvalue weighted by atomic mass is 35.5. The Morgan fingerprint density at radius 2 is 1.61 bits per heavy atom. The van der Waals surface area contributed by atoms with Gasteiger partial charge in [-0.1, -0.05) is 12.1 Å². The van der Waals surface area contributed by atoms with Crippen LogP contribution >= 0.6 is 12.4 Å². The van der Waals surface area contributed by atoms with Crippen LogP contribution in [-0.2, 0) is 26.1 Å². The van der Waals surface area contributed by atoms with Crippen molar-refractivity contribution in [1.29, 1.82) is 0 Å². The highest BCUT2D eigenvalue weighted by molar-refractivity contribution is 7.87. The van der Waals surface area contributed by atoms with E-state index in [1.807, 2.05) is 12.1 Å². The molecule has 0 amide bonds. The number of halogens is 1. The van der Waals surface area contributed by atoms with Crippen molar-refractivity contribution in [3.63, 3.8) is 0 Å². The zero-order valence-corrected chi connectivity index (χ0v) is 15.2. The molecule has 0 aliphatic carbocycles. The summed E-state index contributed by atoms with van der Waals surface area (Å²) < 4.78 is 38.4. The first-order valence-electron chi connectivity index (χ1n) is 7.06. The Morgan fingerprint density at radius 1 is 1.09 bits per heavy atom. The number of anilines is 1. The molecule has 3 N–H and O–H groups in total. The van der Waals surface area contributed by atoms with Gasteiger partial charge in [0.25, 0.3) is 10.2 Å². The summed E-state index contributed by atoms with van der Waals surface area (Å²) in [4.78, 5) is 0. The van der Waals surface area contributed by atoms with E-state index in [0.29, 0.717) is 31.9 Å². The number of methoxy groups -OCH3 is 2. The zero-order valence-electron chi connectivity index (χ0n) is 13.5. The van der Waals surface area contributed by atoms with E-state index in [0.717, 1.165) is 5.56 Å². The Balaban J connectivity index is 0.00000484. The van der Waals surface area contributed by atoms with Crippen molar-refractivity contribution in [3.05, 3.63) is 29.8 Å². The fraction of sp³-hybridized carbons (Fsp3) is 0.571. The minimum atomic E-state index is -3.55. The maximum Gasteiger partial charge on any atom is 0.279 e. The average molecular weight is 368 g/mol. The summed E-state index contributed by atoms with van der Waals surface area (Å²) in [5.74, 6) is 0. The first-order chi connectivity index (χ1) is 10.5. The predicted octanol–water partition coefficient (Wildman–Crippen LogP) is 0.662. The van der Waals surface area contributed by atoms with Gasteiger partial charge >= 0.3 is 0 Å². The molecule has 1 aromatic rings. The number of nitrogens with two attached hydrogens (primary N) is 1. The van der Waals surface area contributed by atoms with Crippen LogP contribution in [0.4, 0.5) is 5.69 Å². The Hall–Kier alpha value is -0.900. The molecule has 1 rings (SSSR count). The summed E-state index contributed by atoms with van der Waals surface area (Å²) in [6.45, 7) is 1.57. The summed E-state index contributed by atoms with van der Waals surface area (Å²) in [7, 11) is -0.472. The third kappa shape index (κ3) is 8.50. The fourth-order valence-corrected chi connectivity index (χ4v) is 3.01. The molecule has 0 radical (unpaired) electrons. The van der Waals surface area contributed by atoms with Gasteiger partial charge in [0, 0.05) is 39.5 Å². The predicted molar refractivity (Wildman–Crippen MR) is 94.1 cm³/mol. The van der Waals surface area contributed by atoms with Gasteiger partial charge in [-0.25, -0.2) is 4.72 Å². The molecule has 0 aliphatic heterocycles. The molecule has 0 fully saturated rings. The molecule has 0 spiro atoms. The van der Waals surface area contributed by atoms with E-state index in [1.54, 1.807) is 12.1 Å². The lowest BCUT2D eigenvalue weighted by Gasteiger charge is -2.21. The summed E-state index contributed by atoms with van der Waals surface area (Å²) in [5.41, 5.74) is 7.33. The normalized spacial score (nSPS) is 11.4. The molecule has 0 saturated carbocycles. The first-order valence-corrected chi connectivity index (χ1v) is 8.50. The van der Waals surface area contributed by atoms with Crippen LogP contribution in [0, 0.1) is 0 Å². The van der Waals surface area contributed by atoms with E-state index in [4.69, 9.17) is 15.2 Å². The highest BCUT2D eigenvalue weighted by Crippen LogP contribution is 2.06. The molecule has 0 unspecified atom stereocenters. The Labute approximate surface area is 144 Å². The van der Waals surface area contributed by atoms with E-state index in [-0.39, 0.29) is 25.5 Å². The maximum atomic E-state index is 12.3. The summed E-state index contributed by atoms with van der Waals surface area (Å²) >= 11 is 0. The van der Waals surface area contributed by atoms with Gasteiger partial charge in [-0.3, -0.25) is 0 Å². The van der Waals surface area contributed by atoms with Crippen LogP contribution in [0.3, 0.4) is 0 Å². The van der Waals surface area contributed by atoms with E-state index >= 15 is 0 Å². The van der Waals surface area contributed by atoms with Gasteiger partial charge in [0.1, 0.15) is 0 Å². The molecule has 0 heterocycles. The van der Waals surface area contributed by atoms with Crippen molar-refractivity contribution in [3.8, 4) is 0 Å². The molecule has 0 aliphatic rings. The lowest BCUT2D eigenvalue weighted by Crippen LogP contribution is -2.44. The molecule has 7 nitrogen and oxygen atoms in total. The van der Waals surface area contributed by atoms with Crippen LogP contribution in [0.1, 0.15) is 5.56 Å². The molecule has 0 aromatic heterocycles. The summed E-state index contributed by atoms with van der Waals surface area (Å²) in [5, 5.41) is 0. The number of nitrogens with zero attached hydrogens (tertiary/aromatic N) is 1. The van der Waals surface area contributed by atoms with Crippen LogP contribution < -0.4 is 10.5 Å². The minimum absolute atomic E-state index is 0. The Bertz CT molecular complexity index is 517. The van der Waals surface area contributed by atoms with Gasteiger partial charge in [0.05, 0.1) is 13.2 Å². The molecular formula is C14H26ClN3O4S. The highest BCUT2D eigenvalue weighted by Gasteiger charge is 2.20. The smallest absolute Gasteiger partial charge is 0.279 e. The van der Waals surface area contributed by atoms with Gasteiger partial charge < -0.3 is 15.2 Å². The second kappa shape index (κ2) is 11.6. The van der Waals surface area contributed by atoms with Crippen molar-refractivity contribution < 1.29 is 17.9 Å². The monoisotopic (exact) mass is 367 g/mol. The quantitative estimate of drug-likeness (QED) is 0.560. The first kappa shape index (κ1) is 22.1. The number of benzene rings is 1. The topological polar surface area (TPSA) is 93.9 Å². The van der Waals surface area contributed by atoms with E-state index < -0.39 is 10.2 Å². The van der Waals surface area contributed by atoms with Crippen LogP contribution in [0.2, 0.25) is 0 Å². The van der Waals surface area contributed by atoms with Crippen LogP contribution in [-0.4, -0.2) is 59.8 Å². The zero-order chi connectivity index (χ0) is 16.4.